The molecule has 1 N–H and O–H groups in total. The van der Waals surface area contributed by atoms with E-state index in [1.165, 1.54) is 6.42 Å². The Hall–Kier alpha value is -1.00. The van der Waals surface area contributed by atoms with E-state index in [1.54, 1.807) is 0 Å². The zero-order valence-electron chi connectivity index (χ0n) is 11.1. The summed E-state index contributed by atoms with van der Waals surface area (Å²) in [7, 11) is 0. The van der Waals surface area contributed by atoms with Crippen LogP contribution in [0.5, 0.6) is 0 Å². The molecule has 3 rings (SSSR count). The molecule has 2 heterocycles. The first-order valence-electron chi connectivity index (χ1n) is 6.98. The standard InChI is InChI=1S/C15H20N2OS/c18-14(12-1-3-13(19)4-2-12)17-9-6-15(7-10-17)5-8-16-11-15/h1-4,16,19H,5-11H2. The fourth-order valence-corrected chi connectivity index (χ4v) is 3.34. The number of nitrogens with zero attached hydrogens (tertiary/aromatic N) is 1. The largest absolute Gasteiger partial charge is 0.339 e. The Kier molecular flexibility index (Phi) is 3.54. The van der Waals surface area contributed by atoms with E-state index in [4.69, 9.17) is 0 Å². The Morgan fingerprint density at radius 3 is 2.42 bits per heavy atom. The van der Waals surface area contributed by atoms with Gasteiger partial charge in [0.25, 0.3) is 5.91 Å². The van der Waals surface area contributed by atoms with E-state index in [9.17, 15) is 4.79 Å². The SMILES string of the molecule is O=C(c1ccc(S)cc1)N1CCC2(CCNC2)CC1. The Labute approximate surface area is 119 Å². The molecule has 2 fully saturated rings. The van der Waals surface area contributed by atoms with Crippen LogP contribution in [-0.4, -0.2) is 37.0 Å². The zero-order chi connectivity index (χ0) is 13.3. The highest BCUT2D eigenvalue weighted by molar-refractivity contribution is 7.80. The first kappa shape index (κ1) is 13.0. The highest BCUT2D eigenvalue weighted by Crippen LogP contribution is 2.37. The monoisotopic (exact) mass is 276 g/mol. The number of hydrogen-bond donors (Lipinski definition) is 2. The molecular weight excluding hydrogens is 256 g/mol. The van der Waals surface area contributed by atoms with Crippen molar-refractivity contribution >= 4 is 18.5 Å². The predicted molar refractivity (Wildman–Crippen MR) is 78.8 cm³/mol. The van der Waals surface area contributed by atoms with Crippen LogP contribution in [0, 0.1) is 5.41 Å². The number of benzene rings is 1. The van der Waals surface area contributed by atoms with Crippen molar-refractivity contribution in [1.82, 2.24) is 10.2 Å². The number of nitrogens with one attached hydrogen (secondary N) is 1. The summed E-state index contributed by atoms with van der Waals surface area (Å²) in [6.45, 7) is 4.05. The summed E-state index contributed by atoms with van der Waals surface area (Å²) in [5.74, 6) is 0.161. The Morgan fingerprint density at radius 2 is 1.84 bits per heavy atom. The summed E-state index contributed by atoms with van der Waals surface area (Å²) in [5, 5.41) is 3.45. The fraction of sp³-hybridized carbons (Fsp3) is 0.533. The molecule has 0 radical (unpaired) electrons. The van der Waals surface area contributed by atoms with Crippen LogP contribution >= 0.6 is 12.6 Å². The molecule has 3 nitrogen and oxygen atoms in total. The molecule has 0 saturated carbocycles. The Bertz CT molecular complexity index is 456. The van der Waals surface area contributed by atoms with Gasteiger partial charge in [-0.15, -0.1) is 12.6 Å². The third-order valence-corrected chi connectivity index (χ3v) is 4.86. The molecule has 1 aromatic carbocycles. The van der Waals surface area contributed by atoms with E-state index < -0.39 is 0 Å². The van der Waals surface area contributed by atoms with E-state index >= 15 is 0 Å². The van der Waals surface area contributed by atoms with E-state index in [0.29, 0.717) is 5.41 Å². The van der Waals surface area contributed by atoms with E-state index in [-0.39, 0.29) is 5.91 Å². The number of hydrogen-bond acceptors (Lipinski definition) is 3. The van der Waals surface area contributed by atoms with Gasteiger partial charge in [-0.1, -0.05) is 0 Å². The van der Waals surface area contributed by atoms with Crippen LogP contribution in [0.1, 0.15) is 29.6 Å². The van der Waals surface area contributed by atoms with Crippen molar-refractivity contribution in [3.8, 4) is 0 Å². The molecule has 19 heavy (non-hydrogen) atoms. The van der Waals surface area contributed by atoms with Gasteiger partial charge in [0, 0.05) is 30.1 Å². The van der Waals surface area contributed by atoms with Gasteiger partial charge < -0.3 is 10.2 Å². The summed E-state index contributed by atoms with van der Waals surface area (Å²) in [6.07, 6.45) is 3.54. The number of piperidine rings is 1. The fourth-order valence-electron chi connectivity index (χ4n) is 3.19. The van der Waals surface area contributed by atoms with Crippen molar-refractivity contribution in [1.29, 1.82) is 0 Å². The Balaban J connectivity index is 1.64. The zero-order valence-corrected chi connectivity index (χ0v) is 12.0. The highest BCUT2D eigenvalue weighted by atomic mass is 32.1. The maximum absolute atomic E-state index is 12.4. The number of thiol groups is 1. The first-order valence-corrected chi connectivity index (χ1v) is 7.42. The van der Waals surface area contributed by atoms with Crippen LogP contribution in [0.3, 0.4) is 0 Å². The van der Waals surface area contributed by atoms with Gasteiger partial charge in [-0.25, -0.2) is 0 Å². The van der Waals surface area contributed by atoms with Gasteiger partial charge in [0.05, 0.1) is 0 Å². The second-order valence-electron chi connectivity index (χ2n) is 5.77. The summed E-state index contributed by atoms with van der Waals surface area (Å²) < 4.78 is 0. The van der Waals surface area contributed by atoms with Crippen molar-refractivity contribution in [2.45, 2.75) is 24.2 Å². The number of likely N-dealkylation sites (tertiary alicyclic amines) is 1. The van der Waals surface area contributed by atoms with Crippen LogP contribution in [0.2, 0.25) is 0 Å². The summed E-state index contributed by atoms with van der Waals surface area (Å²) in [5.41, 5.74) is 1.24. The van der Waals surface area contributed by atoms with Gasteiger partial charge in [0.1, 0.15) is 0 Å². The molecule has 2 aliphatic heterocycles. The molecule has 0 aliphatic carbocycles. The molecule has 1 spiro atoms. The molecule has 1 aromatic rings. The molecule has 4 heteroatoms. The molecule has 0 unspecified atom stereocenters. The van der Waals surface area contributed by atoms with Crippen molar-refractivity contribution in [2.75, 3.05) is 26.2 Å². The average Bonchev–Trinajstić information content (AvgIpc) is 2.88. The second-order valence-corrected chi connectivity index (χ2v) is 6.28. The number of carbonyl (C=O) groups is 1. The maximum Gasteiger partial charge on any atom is 0.253 e. The molecule has 1 amide bonds. The van der Waals surface area contributed by atoms with Crippen molar-refractivity contribution < 1.29 is 4.79 Å². The molecule has 2 aliphatic rings. The smallest absolute Gasteiger partial charge is 0.253 e. The number of amides is 1. The van der Waals surface area contributed by atoms with Crippen LogP contribution in [0.15, 0.2) is 29.2 Å². The lowest BCUT2D eigenvalue weighted by atomic mass is 9.78. The van der Waals surface area contributed by atoms with Crippen LogP contribution < -0.4 is 5.32 Å². The topological polar surface area (TPSA) is 32.3 Å². The molecular formula is C15H20N2OS. The van der Waals surface area contributed by atoms with Gasteiger partial charge in [-0.2, -0.15) is 0 Å². The lowest BCUT2D eigenvalue weighted by Gasteiger charge is -2.38. The predicted octanol–water partition coefficient (Wildman–Crippen LogP) is 2.19. The van der Waals surface area contributed by atoms with Crippen LogP contribution in [0.4, 0.5) is 0 Å². The van der Waals surface area contributed by atoms with Crippen LogP contribution in [0.25, 0.3) is 0 Å². The Morgan fingerprint density at radius 1 is 1.16 bits per heavy atom. The van der Waals surface area contributed by atoms with Gasteiger partial charge in [-0.05, 0) is 55.5 Å². The first-order chi connectivity index (χ1) is 9.19. The number of carbonyl (C=O) groups excluding carboxylic acids is 1. The summed E-state index contributed by atoms with van der Waals surface area (Å²) in [4.78, 5) is 15.3. The van der Waals surface area contributed by atoms with Crippen LogP contribution in [-0.2, 0) is 0 Å². The lowest BCUT2D eigenvalue weighted by Crippen LogP contribution is -2.44. The second kappa shape index (κ2) is 5.17. The minimum atomic E-state index is 0.161. The average molecular weight is 276 g/mol. The van der Waals surface area contributed by atoms with Gasteiger partial charge in [-0.3, -0.25) is 4.79 Å². The molecule has 0 atom stereocenters. The third kappa shape index (κ3) is 2.65. The molecule has 2 saturated heterocycles. The molecule has 0 aromatic heterocycles. The number of rotatable bonds is 1. The minimum absolute atomic E-state index is 0.161. The quantitative estimate of drug-likeness (QED) is 0.771. The summed E-state index contributed by atoms with van der Waals surface area (Å²) in [6, 6.07) is 7.49. The van der Waals surface area contributed by atoms with Crippen molar-refractivity contribution in [3.05, 3.63) is 29.8 Å². The van der Waals surface area contributed by atoms with Crippen molar-refractivity contribution in [2.24, 2.45) is 5.41 Å². The van der Waals surface area contributed by atoms with E-state index in [0.717, 1.165) is 49.5 Å². The minimum Gasteiger partial charge on any atom is -0.339 e. The van der Waals surface area contributed by atoms with E-state index in [1.807, 2.05) is 29.2 Å². The van der Waals surface area contributed by atoms with Gasteiger partial charge >= 0.3 is 0 Å². The summed E-state index contributed by atoms with van der Waals surface area (Å²) >= 11 is 4.25. The normalized spacial score (nSPS) is 21.8. The lowest BCUT2D eigenvalue weighted by molar-refractivity contribution is 0.0607. The third-order valence-electron chi connectivity index (χ3n) is 4.56. The maximum atomic E-state index is 12.4. The molecule has 0 bridgehead atoms. The highest BCUT2D eigenvalue weighted by Gasteiger charge is 2.38. The van der Waals surface area contributed by atoms with Gasteiger partial charge in [0.15, 0.2) is 0 Å². The van der Waals surface area contributed by atoms with Gasteiger partial charge in [0.2, 0.25) is 0 Å². The molecule has 102 valence electrons. The van der Waals surface area contributed by atoms with E-state index in [2.05, 4.69) is 17.9 Å². The van der Waals surface area contributed by atoms with Crippen molar-refractivity contribution in [3.63, 3.8) is 0 Å².